The van der Waals surface area contributed by atoms with E-state index in [1.54, 1.807) is 0 Å². The summed E-state index contributed by atoms with van der Waals surface area (Å²) in [5.74, 6) is 0.179. The Hall–Kier alpha value is -0.543. The van der Waals surface area contributed by atoms with Gasteiger partial charge >= 0.3 is 0 Å². The Morgan fingerprint density at radius 3 is 2.73 bits per heavy atom. The van der Waals surface area contributed by atoms with Crippen LogP contribution in [-0.4, -0.2) is 37.4 Å². The minimum absolute atomic E-state index is 0.0974. The zero-order valence-corrected chi connectivity index (χ0v) is 10.6. The second kappa shape index (κ2) is 5.52. The quantitative estimate of drug-likeness (QED) is 0.438. The molecular formula is C11H20O3Si. The molecule has 1 rings (SSSR count). The fourth-order valence-electron chi connectivity index (χ4n) is 2.00. The van der Waals surface area contributed by atoms with Gasteiger partial charge in [0, 0.05) is 6.61 Å². The molecule has 1 unspecified atom stereocenters. The lowest BCUT2D eigenvalue weighted by Gasteiger charge is -2.38. The third-order valence-corrected chi connectivity index (χ3v) is 5.56. The molecule has 0 bridgehead atoms. The lowest BCUT2D eigenvalue weighted by atomic mass is 10.1. The van der Waals surface area contributed by atoms with Crippen LogP contribution in [0.25, 0.3) is 0 Å². The molecule has 86 valence electrons. The van der Waals surface area contributed by atoms with Gasteiger partial charge in [0.05, 0.1) is 15.4 Å². The molecule has 0 saturated carbocycles. The fourth-order valence-corrected chi connectivity index (χ4v) is 3.86. The zero-order chi connectivity index (χ0) is 11.3. The van der Waals surface area contributed by atoms with Crippen LogP contribution in [0.5, 0.6) is 0 Å². The average molecular weight is 228 g/mol. The molecule has 1 fully saturated rings. The fraction of sp³-hybridized carbons (Fsp3) is 0.727. The number of aliphatic hydroxyl groups is 2. The van der Waals surface area contributed by atoms with E-state index in [-0.39, 0.29) is 12.4 Å². The Morgan fingerprint density at radius 2 is 2.27 bits per heavy atom. The van der Waals surface area contributed by atoms with Gasteiger partial charge in [0.25, 0.3) is 0 Å². The van der Waals surface area contributed by atoms with Crippen LogP contribution in [-0.2, 0) is 4.74 Å². The normalized spacial score (nSPS) is 26.1. The first-order valence-corrected chi connectivity index (χ1v) is 8.41. The van der Waals surface area contributed by atoms with Gasteiger partial charge in [0.15, 0.2) is 5.76 Å². The highest BCUT2D eigenvalue weighted by Gasteiger charge is 2.41. The van der Waals surface area contributed by atoms with E-state index in [2.05, 4.69) is 18.8 Å². The summed E-state index contributed by atoms with van der Waals surface area (Å²) in [5.41, 5.74) is 2.73. The van der Waals surface area contributed by atoms with Gasteiger partial charge in [0.2, 0.25) is 0 Å². The van der Waals surface area contributed by atoms with Gasteiger partial charge in [-0.1, -0.05) is 18.8 Å². The molecule has 4 heteroatoms. The molecule has 1 saturated heterocycles. The van der Waals surface area contributed by atoms with Gasteiger partial charge in [-0.25, -0.2) is 0 Å². The predicted molar refractivity (Wildman–Crippen MR) is 62.7 cm³/mol. The number of aliphatic hydroxyl groups excluding tert-OH is 2. The average Bonchev–Trinajstić information content (AvgIpc) is 2.26. The van der Waals surface area contributed by atoms with E-state index in [1.165, 1.54) is 6.08 Å². The number of rotatable bonds is 3. The molecule has 1 heterocycles. The van der Waals surface area contributed by atoms with E-state index in [1.807, 2.05) is 0 Å². The van der Waals surface area contributed by atoms with Crippen molar-refractivity contribution in [2.24, 2.45) is 0 Å². The Balaban J connectivity index is 2.94. The lowest BCUT2D eigenvalue weighted by Crippen LogP contribution is -2.48. The predicted octanol–water partition coefficient (Wildman–Crippen LogP) is 1.54. The summed E-state index contributed by atoms with van der Waals surface area (Å²) in [7, 11) is -1.16. The molecule has 0 amide bonds. The van der Waals surface area contributed by atoms with Gasteiger partial charge in [-0.3, -0.25) is 0 Å². The Bertz CT molecular complexity index is 261. The van der Waals surface area contributed by atoms with Gasteiger partial charge < -0.3 is 14.9 Å². The topological polar surface area (TPSA) is 49.7 Å². The second-order valence-corrected chi connectivity index (χ2v) is 7.47. The largest absolute Gasteiger partial charge is 0.502 e. The third-order valence-electron chi connectivity index (χ3n) is 2.97. The molecule has 0 aliphatic carbocycles. The first-order chi connectivity index (χ1) is 7.13. The first-order valence-electron chi connectivity index (χ1n) is 5.53. The van der Waals surface area contributed by atoms with Crippen molar-refractivity contribution in [3.8, 4) is 0 Å². The smallest absolute Gasteiger partial charge is 0.163 e. The Kier molecular flexibility index (Phi) is 4.61. The molecule has 0 aromatic rings. The maximum absolute atomic E-state index is 10.00. The standard InChI is InChI=1S/C11H20O3Si/c1-15(2)11(7-3-4-9-14-11)10(13)6-5-8-12/h5,12-13,15H,3-4,7-9H2,1-2H3. The highest BCUT2D eigenvalue weighted by Crippen LogP contribution is 2.32. The number of hydrogen-bond acceptors (Lipinski definition) is 3. The van der Waals surface area contributed by atoms with Crippen LogP contribution < -0.4 is 0 Å². The number of hydrogen-bond donors (Lipinski definition) is 2. The Labute approximate surface area is 92.7 Å². The molecule has 1 aliphatic heterocycles. The van der Waals surface area contributed by atoms with Crippen molar-refractivity contribution in [3.63, 3.8) is 0 Å². The van der Waals surface area contributed by atoms with Crippen molar-refractivity contribution in [2.75, 3.05) is 13.2 Å². The maximum Gasteiger partial charge on any atom is 0.163 e. The first kappa shape index (κ1) is 12.5. The molecule has 2 N–H and O–H groups in total. The summed E-state index contributed by atoms with van der Waals surface area (Å²) in [6.45, 7) is 4.96. The van der Waals surface area contributed by atoms with Crippen molar-refractivity contribution in [2.45, 2.75) is 37.6 Å². The molecule has 15 heavy (non-hydrogen) atoms. The molecule has 1 atom stereocenters. The van der Waals surface area contributed by atoms with Crippen LogP contribution in [0.1, 0.15) is 19.3 Å². The number of ether oxygens (including phenoxy) is 1. The van der Waals surface area contributed by atoms with E-state index in [0.717, 1.165) is 25.9 Å². The van der Waals surface area contributed by atoms with Crippen LogP contribution in [0.2, 0.25) is 13.1 Å². The summed E-state index contributed by atoms with van der Waals surface area (Å²) >= 11 is 0. The van der Waals surface area contributed by atoms with E-state index < -0.39 is 14.0 Å². The summed E-state index contributed by atoms with van der Waals surface area (Å²) in [5, 5.41) is 18.2. The van der Waals surface area contributed by atoms with Crippen molar-refractivity contribution in [3.05, 3.63) is 17.6 Å². The maximum atomic E-state index is 10.00. The summed E-state index contributed by atoms with van der Waals surface area (Å²) in [6, 6.07) is 0. The second-order valence-electron chi connectivity index (χ2n) is 4.23. The van der Waals surface area contributed by atoms with Gasteiger partial charge in [-0.05, 0) is 25.3 Å². The highest BCUT2D eigenvalue weighted by molar-refractivity contribution is 6.60. The minimum atomic E-state index is -1.16. The summed E-state index contributed by atoms with van der Waals surface area (Å²) in [6.07, 6.45) is 4.48. The summed E-state index contributed by atoms with van der Waals surface area (Å²) in [4.78, 5) is 0. The molecule has 0 spiro atoms. The molecular weight excluding hydrogens is 208 g/mol. The van der Waals surface area contributed by atoms with E-state index in [4.69, 9.17) is 9.84 Å². The van der Waals surface area contributed by atoms with Crippen molar-refractivity contribution in [1.82, 2.24) is 0 Å². The van der Waals surface area contributed by atoms with Crippen LogP contribution in [0.4, 0.5) is 0 Å². The van der Waals surface area contributed by atoms with E-state index in [0.29, 0.717) is 0 Å². The molecule has 1 aliphatic rings. The van der Waals surface area contributed by atoms with Gasteiger partial charge in [-0.2, -0.15) is 0 Å². The van der Waals surface area contributed by atoms with Crippen LogP contribution in [0, 0.1) is 0 Å². The molecule has 0 aromatic carbocycles. The van der Waals surface area contributed by atoms with E-state index >= 15 is 0 Å². The van der Waals surface area contributed by atoms with Gasteiger partial charge in [0.1, 0.15) is 5.22 Å². The van der Waals surface area contributed by atoms with E-state index in [9.17, 15) is 5.11 Å². The highest BCUT2D eigenvalue weighted by atomic mass is 28.3. The van der Waals surface area contributed by atoms with Crippen LogP contribution in [0.15, 0.2) is 17.6 Å². The van der Waals surface area contributed by atoms with Crippen molar-refractivity contribution < 1.29 is 14.9 Å². The van der Waals surface area contributed by atoms with Crippen molar-refractivity contribution in [1.29, 1.82) is 0 Å². The Morgan fingerprint density at radius 1 is 1.53 bits per heavy atom. The molecule has 0 radical (unpaired) electrons. The minimum Gasteiger partial charge on any atom is -0.502 e. The van der Waals surface area contributed by atoms with Crippen molar-refractivity contribution >= 4 is 8.80 Å². The monoisotopic (exact) mass is 228 g/mol. The zero-order valence-electron chi connectivity index (χ0n) is 9.49. The van der Waals surface area contributed by atoms with Gasteiger partial charge in [-0.15, -0.1) is 0 Å². The molecule has 3 nitrogen and oxygen atoms in total. The SMILES string of the molecule is C[SiH](C)C1(C(O)=C=CCO)CCCCO1. The summed E-state index contributed by atoms with van der Waals surface area (Å²) < 4.78 is 5.80. The third kappa shape index (κ3) is 2.73. The van der Waals surface area contributed by atoms with Crippen LogP contribution in [0.3, 0.4) is 0 Å². The van der Waals surface area contributed by atoms with Crippen LogP contribution >= 0.6 is 0 Å². The lowest BCUT2D eigenvalue weighted by molar-refractivity contribution is -0.0215. The molecule has 0 aromatic heterocycles.